The Morgan fingerprint density at radius 2 is 1.15 bits per heavy atom. The Labute approximate surface area is 283 Å². The van der Waals surface area contributed by atoms with Crippen LogP contribution in [0.3, 0.4) is 0 Å². The fourth-order valence-electron chi connectivity index (χ4n) is 6.10. The van der Waals surface area contributed by atoms with E-state index in [0.29, 0.717) is 13.1 Å². The van der Waals surface area contributed by atoms with Crippen LogP contribution in [-0.2, 0) is 20.2 Å². The molecule has 0 aliphatic heterocycles. The smallest absolute Gasteiger partial charge is 0.339 e. The van der Waals surface area contributed by atoms with Crippen molar-refractivity contribution < 1.29 is 25.6 Å². The molecule has 11 heteroatoms. The van der Waals surface area contributed by atoms with E-state index in [1.807, 2.05) is 45.2 Å². The lowest BCUT2D eigenvalue weighted by atomic mass is 9.78. The summed E-state index contributed by atoms with van der Waals surface area (Å²) in [6.45, 7) is 0. The Morgan fingerprint density at radius 3 is 1.59 bits per heavy atom. The average Bonchev–Trinajstić information content (AvgIpc) is 2.95. The van der Waals surface area contributed by atoms with Crippen molar-refractivity contribution in [3.05, 3.63) is 82.1 Å². The van der Waals surface area contributed by atoms with E-state index in [1.54, 1.807) is 22.6 Å². The van der Waals surface area contributed by atoms with E-state index in [-0.39, 0.29) is 30.9 Å². The van der Waals surface area contributed by atoms with Crippen LogP contribution in [0.1, 0.15) is 92.2 Å². The third kappa shape index (κ3) is 7.10. The van der Waals surface area contributed by atoms with Crippen LogP contribution in [-0.4, -0.2) is 21.4 Å². The van der Waals surface area contributed by atoms with Gasteiger partial charge in [-0.25, -0.2) is 0 Å². The second kappa shape index (κ2) is 13.2. The summed E-state index contributed by atoms with van der Waals surface area (Å²) in [6, 6.07) is 5.73. The van der Waals surface area contributed by atoms with Crippen molar-refractivity contribution in [2.75, 3.05) is 0 Å². The van der Waals surface area contributed by atoms with E-state index in [1.165, 1.54) is 11.6 Å². The van der Waals surface area contributed by atoms with Crippen LogP contribution < -0.4 is 4.18 Å². The highest BCUT2D eigenvalue weighted by atomic mass is 127. The van der Waals surface area contributed by atoms with Crippen molar-refractivity contribution in [2.24, 2.45) is 0 Å². The van der Waals surface area contributed by atoms with Crippen LogP contribution >= 0.6 is 67.8 Å². The standard InChI is InChI=1S/C30H31I3O6S2/c31-25-18-26(32)30(40(34,35)36)27(33)28(25)39-41(37,38)29-23(20-12-6-2-7-13-20)16-22(19-10-4-1-5-11-19)17-24(29)21-14-8-3-9-15-21/h1-4,6,8,16-21H,5,7,9-15H2,(H,34,35,36). The van der Waals surface area contributed by atoms with Gasteiger partial charge in [0, 0.05) is 3.57 Å². The predicted molar refractivity (Wildman–Crippen MR) is 186 cm³/mol. The van der Waals surface area contributed by atoms with Gasteiger partial charge in [-0.2, -0.15) is 16.8 Å². The van der Waals surface area contributed by atoms with Gasteiger partial charge in [0.05, 0.1) is 7.14 Å². The summed E-state index contributed by atoms with van der Waals surface area (Å²) in [4.78, 5) is -0.118. The Hall–Kier alpha value is -0.490. The van der Waals surface area contributed by atoms with Gasteiger partial charge in [0.1, 0.15) is 9.79 Å². The minimum atomic E-state index is -4.61. The van der Waals surface area contributed by atoms with Gasteiger partial charge in [0.2, 0.25) is 0 Å². The number of benzene rings is 2. The largest absolute Gasteiger partial charge is 0.377 e. The summed E-state index contributed by atoms with van der Waals surface area (Å²) in [5, 5.41) is 0. The highest BCUT2D eigenvalue weighted by molar-refractivity contribution is 14.1. The normalized spacial score (nSPS) is 23.1. The zero-order valence-corrected chi connectivity index (χ0v) is 30.3. The van der Waals surface area contributed by atoms with Crippen LogP contribution in [0, 0.1) is 10.7 Å². The molecule has 5 rings (SSSR count). The molecule has 0 amide bonds. The Bertz CT molecular complexity index is 1600. The summed E-state index contributed by atoms with van der Waals surface area (Å²) in [7, 11) is -9.00. The van der Waals surface area contributed by atoms with Gasteiger partial charge in [-0.15, -0.1) is 0 Å². The lowest BCUT2D eigenvalue weighted by Crippen LogP contribution is -2.21. The molecular formula is C30H31I3O6S2. The average molecular weight is 932 g/mol. The van der Waals surface area contributed by atoms with Crippen molar-refractivity contribution >= 4 is 88.0 Å². The minimum Gasteiger partial charge on any atom is -0.377 e. The first-order valence-corrected chi connectivity index (χ1v) is 19.8. The molecule has 0 spiro atoms. The molecule has 41 heavy (non-hydrogen) atoms. The van der Waals surface area contributed by atoms with Gasteiger partial charge in [0.25, 0.3) is 10.1 Å². The van der Waals surface area contributed by atoms with Gasteiger partial charge in [-0.05, 0) is 166 Å². The first-order chi connectivity index (χ1) is 19.5. The fraction of sp³-hybridized carbons (Fsp3) is 0.400. The zero-order valence-electron chi connectivity index (χ0n) is 22.2. The molecule has 0 saturated heterocycles. The van der Waals surface area contributed by atoms with E-state index in [9.17, 15) is 21.4 Å². The van der Waals surface area contributed by atoms with E-state index in [2.05, 4.69) is 48.6 Å². The summed E-state index contributed by atoms with van der Waals surface area (Å²) in [6.07, 6.45) is 21.0. The highest BCUT2D eigenvalue weighted by Gasteiger charge is 2.35. The number of rotatable bonds is 7. The van der Waals surface area contributed by atoms with Crippen molar-refractivity contribution in [3.63, 3.8) is 0 Å². The summed E-state index contributed by atoms with van der Waals surface area (Å²) < 4.78 is 70.0. The first-order valence-electron chi connectivity index (χ1n) is 13.7. The topological polar surface area (TPSA) is 97.7 Å². The number of hydrogen-bond donors (Lipinski definition) is 1. The minimum absolute atomic E-state index is 0.0357. The lowest BCUT2D eigenvalue weighted by molar-refractivity contribution is 0.466. The second-order valence-electron chi connectivity index (χ2n) is 10.8. The monoisotopic (exact) mass is 932 g/mol. The summed E-state index contributed by atoms with van der Waals surface area (Å²) in [5.74, 6) is 0.329. The molecule has 3 aliphatic rings. The van der Waals surface area contributed by atoms with Crippen molar-refractivity contribution in [3.8, 4) is 5.75 Å². The Balaban J connectivity index is 1.72. The van der Waals surface area contributed by atoms with Gasteiger partial charge >= 0.3 is 10.1 Å². The maximum atomic E-state index is 14.5. The van der Waals surface area contributed by atoms with Crippen LogP contribution in [0.4, 0.5) is 0 Å². The van der Waals surface area contributed by atoms with E-state index < -0.39 is 20.2 Å². The lowest BCUT2D eigenvalue weighted by Gasteiger charge is -2.30. The molecule has 3 aliphatic carbocycles. The summed E-state index contributed by atoms with van der Waals surface area (Å²) >= 11 is 5.53. The van der Waals surface area contributed by atoms with Crippen molar-refractivity contribution in [2.45, 2.75) is 85.3 Å². The molecule has 2 aromatic carbocycles. The molecule has 0 fully saturated rings. The van der Waals surface area contributed by atoms with Crippen LogP contribution in [0.2, 0.25) is 0 Å². The molecule has 220 valence electrons. The van der Waals surface area contributed by atoms with E-state index in [4.69, 9.17) is 4.18 Å². The Kier molecular flexibility index (Phi) is 10.3. The van der Waals surface area contributed by atoms with Gasteiger partial charge in [0.15, 0.2) is 5.75 Å². The molecule has 0 saturated carbocycles. The molecular weight excluding hydrogens is 901 g/mol. The van der Waals surface area contributed by atoms with Crippen LogP contribution in [0.15, 0.2) is 64.4 Å². The number of allylic oxidation sites excluding steroid dienone is 6. The van der Waals surface area contributed by atoms with Crippen LogP contribution in [0.5, 0.6) is 5.75 Å². The van der Waals surface area contributed by atoms with Crippen molar-refractivity contribution in [1.82, 2.24) is 0 Å². The molecule has 6 nitrogen and oxygen atoms in total. The predicted octanol–water partition coefficient (Wildman–Crippen LogP) is 8.99. The van der Waals surface area contributed by atoms with E-state index >= 15 is 0 Å². The third-order valence-electron chi connectivity index (χ3n) is 8.11. The SMILES string of the molecule is O=S(=O)(O)c1c(I)cc(I)c(OS(=O)(=O)c2c(C3CC=CCC3)cc(C3CC=CCC3)cc2C2CC=CCC2)c1I. The van der Waals surface area contributed by atoms with Crippen molar-refractivity contribution in [1.29, 1.82) is 0 Å². The van der Waals surface area contributed by atoms with Gasteiger partial charge in [-0.3, -0.25) is 4.55 Å². The molecule has 2 aromatic rings. The second-order valence-corrected chi connectivity index (χ2v) is 17.0. The fourth-order valence-corrected chi connectivity index (χ4v) is 13.8. The summed E-state index contributed by atoms with van der Waals surface area (Å²) in [5.41, 5.74) is 2.79. The molecule has 3 unspecified atom stereocenters. The molecule has 0 bridgehead atoms. The molecule has 3 atom stereocenters. The quantitative estimate of drug-likeness (QED) is 0.129. The molecule has 0 radical (unpaired) electrons. The first kappa shape index (κ1) is 31.9. The molecule has 0 aromatic heterocycles. The number of hydrogen-bond acceptors (Lipinski definition) is 5. The molecule has 1 N–H and O–H groups in total. The maximum absolute atomic E-state index is 14.5. The highest BCUT2D eigenvalue weighted by Crippen LogP contribution is 2.45. The number of halogens is 3. The zero-order chi connectivity index (χ0) is 29.4. The van der Waals surface area contributed by atoms with Crippen LogP contribution in [0.25, 0.3) is 0 Å². The molecule has 0 heterocycles. The van der Waals surface area contributed by atoms with Gasteiger partial charge < -0.3 is 4.18 Å². The Morgan fingerprint density at radius 1 is 0.659 bits per heavy atom. The maximum Gasteiger partial charge on any atom is 0.339 e. The van der Waals surface area contributed by atoms with E-state index in [0.717, 1.165) is 68.9 Å². The third-order valence-corrected chi connectivity index (χ3v) is 13.8. The van der Waals surface area contributed by atoms with Gasteiger partial charge in [-0.1, -0.05) is 48.6 Å².